The van der Waals surface area contributed by atoms with Crippen molar-refractivity contribution in [3.8, 4) is 0 Å². The van der Waals surface area contributed by atoms with Gasteiger partial charge in [-0.3, -0.25) is 0 Å². The zero-order valence-electron chi connectivity index (χ0n) is 11.4. The summed E-state index contributed by atoms with van der Waals surface area (Å²) in [5.41, 5.74) is 0. The minimum absolute atomic E-state index is 0. The average molecular weight is 433 g/mol. The van der Waals surface area contributed by atoms with Gasteiger partial charge in [-0.1, -0.05) is 41.5 Å². The fourth-order valence-corrected chi connectivity index (χ4v) is 4.02. The second-order valence-electron chi connectivity index (χ2n) is 3.24. The van der Waals surface area contributed by atoms with Gasteiger partial charge in [-0.15, -0.1) is 15.8 Å². The van der Waals surface area contributed by atoms with Gasteiger partial charge >= 0.3 is 0 Å². The quantitative estimate of drug-likeness (QED) is 0.406. The van der Waals surface area contributed by atoms with Gasteiger partial charge in [0.2, 0.25) is 0 Å². The Bertz CT molecular complexity index is 68.6. The zero-order valence-corrected chi connectivity index (χ0v) is 15.4. The van der Waals surface area contributed by atoms with Crippen LogP contribution >= 0.6 is 15.8 Å². The van der Waals surface area contributed by atoms with E-state index in [9.17, 15) is 0 Å². The summed E-state index contributed by atoms with van der Waals surface area (Å²) in [4.78, 5) is 0. The molecule has 0 aromatic heterocycles. The summed E-state index contributed by atoms with van der Waals surface area (Å²) in [7, 11) is 0.892. The number of rotatable bonds is 6. The van der Waals surface area contributed by atoms with Gasteiger partial charge in [0.15, 0.2) is 0 Å². The summed E-state index contributed by atoms with van der Waals surface area (Å²) in [6, 6.07) is 0. The summed E-state index contributed by atoms with van der Waals surface area (Å²) in [6.45, 7) is 13.7. The van der Waals surface area contributed by atoms with Crippen LogP contribution in [0.1, 0.15) is 41.5 Å². The Hall–Kier alpha value is 1.60. The fourth-order valence-electron chi connectivity index (χ4n) is 1.34. The van der Waals surface area contributed by atoms with Crippen molar-refractivity contribution in [3.05, 3.63) is 0 Å². The van der Waals surface area contributed by atoms with E-state index in [0.29, 0.717) is 15.8 Å². The molecule has 0 heterocycles. The first-order valence-electron chi connectivity index (χ1n) is 6.14. The monoisotopic (exact) mass is 433 g/mol. The molecule has 0 aliphatic heterocycles. The maximum atomic E-state index is 2.29. The van der Waals surface area contributed by atoms with Crippen LogP contribution in [0, 0.1) is 0 Å². The first kappa shape index (κ1) is 21.8. The first-order chi connectivity index (χ1) is 6.69. The average Bonchev–Trinajstić information content (AvgIpc) is 2.24. The maximum Gasteiger partial charge on any atom is 0 e. The summed E-state index contributed by atoms with van der Waals surface area (Å²) in [5, 5.41) is 0. The van der Waals surface area contributed by atoms with Gasteiger partial charge in [0.05, 0.1) is 0 Å². The third-order valence-electron chi connectivity index (χ3n) is 2.68. The van der Waals surface area contributed by atoms with Gasteiger partial charge in [-0.05, 0) is 37.0 Å². The standard InChI is InChI=1S/2C6H15P.Au/c2*1-4-7(5-2)6-3;/h2*4-6H2,1-3H3;. The van der Waals surface area contributed by atoms with Crippen LogP contribution < -0.4 is 0 Å². The van der Waals surface area contributed by atoms with Crippen molar-refractivity contribution in [2.24, 2.45) is 0 Å². The van der Waals surface area contributed by atoms with Crippen molar-refractivity contribution < 1.29 is 22.4 Å². The molecule has 0 rings (SSSR count). The van der Waals surface area contributed by atoms with Crippen molar-refractivity contribution in [1.29, 1.82) is 0 Å². The molecule has 0 saturated carbocycles. The zero-order chi connectivity index (χ0) is 11.4. The molecule has 0 bridgehead atoms. The van der Waals surface area contributed by atoms with E-state index in [0.717, 1.165) is 0 Å². The SMILES string of the molecule is CCP(CC)CC.CCP(CC)CC.[Au]. The molecule has 3 heteroatoms. The summed E-state index contributed by atoms with van der Waals surface area (Å²) < 4.78 is 0. The first-order valence-corrected chi connectivity index (χ1v) is 9.93. The predicted molar refractivity (Wildman–Crippen MR) is 77.1 cm³/mol. The van der Waals surface area contributed by atoms with E-state index in [1.54, 1.807) is 0 Å². The van der Waals surface area contributed by atoms with E-state index in [2.05, 4.69) is 41.5 Å². The minimum atomic E-state index is 0. The van der Waals surface area contributed by atoms with E-state index in [1.807, 2.05) is 0 Å². The van der Waals surface area contributed by atoms with Crippen molar-refractivity contribution >= 4 is 15.8 Å². The molecular weight excluding hydrogens is 403 g/mol. The van der Waals surface area contributed by atoms with Crippen LogP contribution in [0.15, 0.2) is 0 Å². The van der Waals surface area contributed by atoms with Crippen LogP contribution in [0.4, 0.5) is 0 Å². The van der Waals surface area contributed by atoms with Gasteiger partial charge < -0.3 is 0 Å². The molecular formula is C12H30AuP2. The van der Waals surface area contributed by atoms with Crippen LogP contribution in [0.2, 0.25) is 0 Å². The van der Waals surface area contributed by atoms with Crippen molar-refractivity contribution in [2.75, 3.05) is 37.0 Å². The molecule has 0 N–H and O–H groups in total. The third kappa shape index (κ3) is 15.6. The van der Waals surface area contributed by atoms with Crippen molar-refractivity contribution in [3.63, 3.8) is 0 Å². The van der Waals surface area contributed by atoms with Gasteiger partial charge in [-0.25, -0.2) is 0 Å². The van der Waals surface area contributed by atoms with Crippen LogP contribution in [0.25, 0.3) is 0 Å². The van der Waals surface area contributed by atoms with Gasteiger partial charge in [0.25, 0.3) is 0 Å². The molecule has 99 valence electrons. The molecule has 1 radical (unpaired) electrons. The molecule has 0 aromatic carbocycles. The minimum Gasteiger partial charge on any atom is -0.108 e. The van der Waals surface area contributed by atoms with Crippen LogP contribution in [0.3, 0.4) is 0 Å². The number of hydrogen-bond donors (Lipinski definition) is 0. The smallest absolute Gasteiger partial charge is 0 e. The Morgan fingerprint density at radius 2 is 0.600 bits per heavy atom. The van der Waals surface area contributed by atoms with Gasteiger partial charge in [-0.2, -0.15) is 0 Å². The molecule has 0 amide bonds. The molecule has 0 unspecified atom stereocenters. The normalized spacial score (nSPS) is 9.60. The van der Waals surface area contributed by atoms with Crippen molar-refractivity contribution in [2.45, 2.75) is 41.5 Å². The Labute approximate surface area is 116 Å². The molecule has 0 aromatic rings. The Kier molecular flexibility index (Phi) is 26.2. The molecule has 0 atom stereocenters. The van der Waals surface area contributed by atoms with Crippen molar-refractivity contribution in [1.82, 2.24) is 0 Å². The topological polar surface area (TPSA) is 0 Å². The van der Waals surface area contributed by atoms with Crippen LogP contribution in [-0.4, -0.2) is 37.0 Å². The Balaban J connectivity index is -0.000000180. The van der Waals surface area contributed by atoms with E-state index in [-0.39, 0.29) is 22.4 Å². The van der Waals surface area contributed by atoms with E-state index < -0.39 is 0 Å². The largest absolute Gasteiger partial charge is 0.108 e. The van der Waals surface area contributed by atoms with Crippen LogP contribution in [-0.2, 0) is 22.4 Å². The summed E-state index contributed by atoms with van der Waals surface area (Å²) >= 11 is 0. The Morgan fingerprint density at radius 3 is 0.600 bits per heavy atom. The molecule has 0 fully saturated rings. The molecule has 0 nitrogen and oxygen atoms in total. The second kappa shape index (κ2) is 18.0. The Morgan fingerprint density at radius 1 is 0.467 bits per heavy atom. The molecule has 0 aliphatic carbocycles. The fraction of sp³-hybridized carbons (Fsp3) is 1.00. The maximum absolute atomic E-state index is 2.29. The van der Waals surface area contributed by atoms with E-state index in [4.69, 9.17) is 0 Å². The van der Waals surface area contributed by atoms with Gasteiger partial charge in [0, 0.05) is 22.4 Å². The summed E-state index contributed by atoms with van der Waals surface area (Å²) in [6.07, 6.45) is 8.51. The van der Waals surface area contributed by atoms with E-state index in [1.165, 1.54) is 37.0 Å². The van der Waals surface area contributed by atoms with E-state index >= 15 is 0 Å². The summed E-state index contributed by atoms with van der Waals surface area (Å²) in [5.74, 6) is 0. The van der Waals surface area contributed by atoms with Gasteiger partial charge in [0.1, 0.15) is 0 Å². The third-order valence-corrected chi connectivity index (χ3v) is 8.05. The number of hydrogen-bond acceptors (Lipinski definition) is 0. The van der Waals surface area contributed by atoms with Crippen LogP contribution in [0.5, 0.6) is 0 Å². The molecule has 0 saturated heterocycles. The molecule has 0 aliphatic rings. The molecule has 0 spiro atoms. The predicted octanol–water partition coefficient (Wildman–Crippen LogP) is 5.05. The second-order valence-corrected chi connectivity index (χ2v) is 9.72. The molecule has 15 heavy (non-hydrogen) atoms.